The maximum absolute atomic E-state index is 10.4. The molecule has 0 radical (unpaired) electrons. The van der Waals surface area contributed by atoms with Gasteiger partial charge in [0.15, 0.2) is 0 Å². The van der Waals surface area contributed by atoms with Gasteiger partial charge in [-0.25, -0.2) is 0 Å². The largest absolute Gasteiger partial charge is 0.488 e. The van der Waals surface area contributed by atoms with Crippen molar-refractivity contribution < 1.29 is 34.6 Å². The van der Waals surface area contributed by atoms with Crippen LogP contribution in [0.5, 0.6) is 5.75 Å². The van der Waals surface area contributed by atoms with Gasteiger partial charge in [0.1, 0.15) is 42.4 Å². The summed E-state index contributed by atoms with van der Waals surface area (Å²) in [5, 5.41) is 40.1. The zero-order chi connectivity index (χ0) is 22.0. The number of rotatable bonds is 7. The molecule has 0 bridgehead atoms. The molecule has 2 aliphatic rings. The molecule has 7 nitrogen and oxygen atoms in total. The second-order valence-corrected chi connectivity index (χ2v) is 8.43. The lowest BCUT2D eigenvalue weighted by Crippen LogP contribution is -2.40. The molecule has 4 N–H and O–H groups in total. The van der Waals surface area contributed by atoms with Crippen molar-refractivity contribution >= 4 is 11.6 Å². The number of ether oxygens (including phenoxy) is 3. The number of aliphatic hydroxyl groups excluding tert-OH is 4. The van der Waals surface area contributed by atoms with Crippen molar-refractivity contribution in [2.24, 2.45) is 0 Å². The first-order chi connectivity index (χ1) is 15.0. The minimum absolute atomic E-state index is 0.0957. The zero-order valence-corrected chi connectivity index (χ0v) is 17.7. The molecule has 2 aromatic carbocycles. The third-order valence-corrected chi connectivity index (χ3v) is 6.14. The Morgan fingerprint density at radius 1 is 1.10 bits per heavy atom. The van der Waals surface area contributed by atoms with Crippen molar-refractivity contribution in [1.82, 2.24) is 0 Å². The van der Waals surface area contributed by atoms with E-state index in [0.717, 1.165) is 29.9 Å². The van der Waals surface area contributed by atoms with Crippen molar-refractivity contribution in [1.29, 1.82) is 0 Å². The molecule has 2 unspecified atom stereocenters. The lowest BCUT2D eigenvalue weighted by Gasteiger charge is -2.19. The van der Waals surface area contributed by atoms with E-state index < -0.39 is 37.1 Å². The summed E-state index contributed by atoms with van der Waals surface area (Å²) in [5.74, 6) is 0.795. The van der Waals surface area contributed by atoms with E-state index in [-0.39, 0.29) is 6.10 Å². The van der Waals surface area contributed by atoms with Crippen LogP contribution in [0.25, 0.3) is 0 Å². The molecule has 2 aromatic rings. The normalized spacial score (nSPS) is 29.3. The van der Waals surface area contributed by atoms with E-state index in [1.54, 1.807) is 12.1 Å². The molecule has 2 heterocycles. The average molecular weight is 451 g/mol. The predicted octanol–water partition coefficient (Wildman–Crippen LogP) is 1.61. The van der Waals surface area contributed by atoms with E-state index >= 15 is 0 Å². The smallest absolute Gasteiger partial charge is 0.124 e. The summed E-state index contributed by atoms with van der Waals surface area (Å²) in [7, 11) is 0. The highest BCUT2D eigenvalue weighted by Crippen LogP contribution is 2.36. The van der Waals surface area contributed by atoms with E-state index in [4.69, 9.17) is 30.9 Å². The van der Waals surface area contributed by atoms with Crippen LogP contribution in [0, 0.1) is 0 Å². The number of halogens is 1. The minimum Gasteiger partial charge on any atom is -0.488 e. The van der Waals surface area contributed by atoms with Crippen LogP contribution in [-0.4, -0.2) is 70.8 Å². The molecule has 168 valence electrons. The van der Waals surface area contributed by atoms with Gasteiger partial charge in [0.25, 0.3) is 0 Å². The Kier molecular flexibility index (Phi) is 7.13. The van der Waals surface area contributed by atoms with E-state index in [1.165, 1.54) is 0 Å². The molecular weight excluding hydrogens is 424 g/mol. The fourth-order valence-corrected chi connectivity index (χ4v) is 4.20. The Balaban J connectivity index is 1.47. The number of benzene rings is 2. The third-order valence-electron chi connectivity index (χ3n) is 5.77. The maximum atomic E-state index is 10.4. The molecule has 4 rings (SSSR count). The number of hydrogen-bond donors (Lipinski definition) is 4. The first kappa shape index (κ1) is 22.5. The molecule has 6 atom stereocenters. The summed E-state index contributed by atoms with van der Waals surface area (Å²) in [5.41, 5.74) is 2.52. The molecule has 2 aliphatic heterocycles. The van der Waals surface area contributed by atoms with E-state index in [9.17, 15) is 15.3 Å². The van der Waals surface area contributed by atoms with Crippen LogP contribution in [0.3, 0.4) is 0 Å². The molecule has 8 heteroatoms. The van der Waals surface area contributed by atoms with Crippen LogP contribution in [0.2, 0.25) is 5.02 Å². The van der Waals surface area contributed by atoms with Crippen molar-refractivity contribution in [2.45, 2.75) is 49.5 Å². The molecule has 0 spiro atoms. The molecule has 2 fully saturated rings. The quantitative estimate of drug-likeness (QED) is 0.507. The van der Waals surface area contributed by atoms with Crippen LogP contribution < -0.4 is 4.74 Å². The Morgan fingerprint density at radius 2 is 1.87 bits per heavy atom. The average Bonchev–Trinajstić information content (AvgIpc) is 3.39. The molecule has 31 heavy (non-hydrogen) atoms. The van der Waals surface area contributed by atoms with Gasteiger partial charge in [-0.1, -0.05) is 35.9 Å². The van der Waals surface area contributed by atoms with Crippen LogP contribution in [-0.2, 0) is 15.9 Å². The Labute approximate surface area is 185 Å². The Hall–Kier alpha value is -1.71. The fourth-order valence-electron chi connectivity index (χ4n) is 4.01. The zero-order valence-electron chi connectivity index (χ0n) is 16.9. The lowest BCUT2D eigenvalue weighted by molar-refractivity contribution is -0.0820. The van der Waals surface area contributed by atoms with Crippen LogP contribution in [0.15, 0.2) is 42.5 Å². The first-order valence-electron chi connectivity index (χ1n) is 10.4. The van der Waals surface area contributed by atoms with Crippen molar-refractivity contribution in [3.63, 3.8) is 0 Å². The van der Waals surface area contributed by atoms with Gasteiger partial charge < -0.3 is 34.6 Å². The summed E-state index contributed by atoms with van der Waals surface area (Å²) in [6.45, 7) is 0.776. The van der Waals surface area contributed by atoms with Crippen LogP contribution >= 0.6 is 11.6 Å². The molecule has 0 aromatic heterocycles. The molecule has 0 saturated carbocycles. The van der Waals surface area contributed by atoms with Gasteiger partial charge >= 0.3 is 0 Å². The van der Waals surface area contributed by atoms with E-state index in [1.807, 2.05) is 30.3 Å². The second kappa shape index (κ2) is 9.83. The van der Waals surface area contributed by atoms with Gasteiger partial charge in [0.05, 0.1) is 19.8 Å². The fraction of sp³-hybridized carbons (Fsp3) is 0.478. The van der Waals surface area contributed by atoms with Gasteiger partial charge in [-0.15, -0.1) is 0 Å². The summed E-state index contributed by atoms with van der Waals surface area (Å²) in [4.78, 5) is 0. The van der Waals surface area contributed by atoms with E-state index in [2.05, 4.69) is 0 Å². The highest BCUT2D eigenvalue weighted by Gasteiger charge is 2.46. The third kappa shape index (κ3) is 5.04. The summed E-state index contributed by atoms with van der Waals surface area (Å²) in [6, 6.07) is 13.1. The van der Waals surface area contributed by atoms with Gasteiger partial charge in [0.2, 0.25) is 0 Å². The minimum atomic E-state index is -1.30. The highest BCUT2D eigenvalue weighted by atomic mass is 35.5. The van der Waals surface area contributed by atoms with Crippen LogP contribution in [0.4, 0.5) is 0 Å². The predicted molar refractivity (Wildman–Crippen MR) is 113 cm³/mol. The highest BCUT2D eigenvalue weighted by molar-refractivity contribution is 6.31. The van der Waals surface area contributed by atoms with Gasteiger partial charge in [-0.05, 0) is 41.3 Å². The molecule has 2 saturated heterocycles. The van der Waals surface area contributed by atoms with Crippen molar-refractivity contribution in [3.8, 4) is 5.75 Å². The maximum Gasteiger partial charge on any atom is 0.124 e. The van der Waals surface area contributed by atoms with Crippen molar-refractivity contribution in [3.05, 3.63) is 64.2 Å². The monoisotopic (exact) mass is 450 g/mol. The van der Waals surface area contributed by atoms with Crippen molar-refractivity contribution in [2.75, 3.05) is 19.8 Å². The summed E-state index contributed by atoms with van der Waals surface area (Å²) >= 11 is 6.40. The lowest BCUT2D eigenvalue weighted by atomic mass is 9.96. The number of aliphatic hydroxyl groups is 4. The number of hydrogen-bond acceptors (Lipinski definition) is 7. The Bertz CT molecular complexity index is 869. The van der Waals surface area contributed by atoms with Gasteiger partial charge in [-0.3, -0.25) is 0 Å². The van der Waals surface area contributed by atoms with Crippen LogP contribution in [0.1, 0.15) is 29.2 Å². The van der Waals surface area contributed by atoms with Gasteiger partial charge in [0, 0.05) is 11.4 Å². The topological polar surface area (TPSA) is 109 Å². The summed E-state index contributed by atoms with van der Waals surface area (Å²) in [6.07, 6.45) is -4.15. The van der Waals surface area contributed by atoms with Gasteiger partial charge in [-0.2, -0.15) is 0 Å². The molecule has 0 amide bonds. The molecule has 0 aliphatic carbocycles. The second-order valence-electron chi connectivity index (χ2n) is 8.03. The molecular formula is C23H27ClO7. The first-order valence-corrected chi connectivity index (χ1v) is 10.8. The SMILES string of the molecule is OC[C@@H](O)C1OC(c2ccc(Cl)c(Cc3ccc(O[C@H]4CCOC4)cc3)c2)[C@H](O)[C@H]1O. The van der Waals surface area contributed by atoms with E-state index in [0.29, 0.717) is 23.6 Å². The Morgan fingerprint density at radius 3 is 2.55 bits per heavy atom. The summed E-state index contributed by atoms with van der Waals surface area (Å²) < 4.78 is 16.9. The standard InChI is InChI=1S/C23H27ClO7/c24-18-6-3-14(22-20(27)21(28)23(31-22)19(26)11-25)10-15(18)9-13-1-4-16(5-2-13)30-17-7-8-29-12-17/h1-6,10,17,19-23,25-28H,7-9,11-12H2/t17-,19+,20+,21+,22?,23?/m0/s1.